The van der Waals surface area contributed by atoms with Crippen molar-refractivity contribution in [3.63, 3.8) is 0 Å². The lowest BCUT2D eigenvalue weighted by Crippen LogP contribution is -2.22. The SMILES string of the molecule is CC(=O)c1c(C)n(-c2ccc(C#N)cc2)c2cc(C#CCOC(=O)N(C)C)cnc12. The number of nitriles is 1. The molecule has 0 bridgehead atoms. The predicted molar refractivity (Wildman–Crippen MR) is 112 cm³/mol. The third kappa shape index (κ3) is 4.01. The molecule has 0 aliphatic heterocycles. The molecule has 0 aliphatic rings. The van der Waals surface area contributed by atoms with Crippen LogP contribution in [0.25, 0.3) is 16.7 Å². The average molecular weight is 400 g/mol. The van der Waals surface area contributed by atoms with E-state index in [0.717, 1.165) is 16.9 Å². The van der Waals surface area contributed by atoms with Gasteiger partial charge in [0.1, 0.15) is 0 Å². The van der Waals surface area contributed by atoms with E-state index in [-0.39, 0.29) is 12.4 Å². The summed E-state index contributed by atoms with van der Waals surface area (Å²) in [7, 11) is 3.19. The number of carbonyl (C=O) groups is 2. The highest BCUT2D eigenvalue weighted by molar-refractivity contribution is 6.07. The van der Waals surface area contributed by atoms with Crippen molar-refractivity contribution in [2.45, 2.75) is 13.8 Å². The number of nitrogens with zero attached hydrogens (tertiary/aromatic N) is 4. The van der Waals surface area contributed by atoms with E-state index in [2.05, 4.69) is 22.9 Å². The van der Waals surface area contributed by atoms with Gasteiger partial charge in [0.2, 0.25) is 0 Å². The number of hydrogen-bond donors (Lipinski definition) is 0. The van der Waals surface area contributed by atoms with Gasteiger partial charge < -0.3 is 14.2 Å². The van der Waals surface area contributed by atoms with Crippen molar-refractivity contribution in [2.75, 3.05) is 20.7 Å². The molecule has 7 heteroatoms. The van der Waals surface area contributed by atoms with E-state index in [0.29, 0.717) is 22.2 Å². The molecule has 0 spiro atoms. The second kappa shape index (κ2) is 8.50. The largest absolute Gasteiger partial charge is 0.436 e. The molecule has 1 aromatic carbocycles. The summed E-state index contributed by atoms with van der Waals surface area (Å²) >= 11 is 0. The molecule has 0 unspecified atom stereocenters. The zero-order chi connectivity index (χ0) is 21.8. The summed E-state index contributed by atoms with van der Waals surface area (Å²) in [5.74, 6) is 5.66. The molecule has 0 saturated carbocycles. The monoisotopic (exact) mass is 400 g/mol. The van der Waals surface area contributed by atoms with Crippen molar-refractivity contribution in [1.82, 2.24) is 14.5 Å². The van der Waals surface area contributed by atoms with Crippen LogP contribution in [0.3, 0.4) is 0 Å². The first-order valence-corrected chi connectivity index (χ1v) is 9.19. The molecule has 0 aliphatic carbocycles. The molecule has 0 radical (unpaired) electrons. The summed E-state index contributed by atoms with van der Waals surface area (Å²) < 4.78 is 6.93. The van der Waals surface area contributed by atoms with Crippen molar-refractivity contribution in [1.29, 1.82) is 5.26 Å². The maximum Gasteiger partial charge on any atom is 0.410 e. The van der Waals surface area contributed by atoms with Gasteiger partial charge in [-0.1, -0.05) is 11.8 Å². The number of hydrogen-bond acceptors (Lipinski definition) is 5. The topological polar surface area (TPSA) is 88.2 Å². The molecular formula is C23H20N4O3. The fourth-order valence-electron chi connectivity index (χ4n) is 3.15. The average Bonchev–Trinajstić information content (AvgIpc) is 3.02. The first-order chi connectivity index (χ1) is 14.3. The number of amides is 1. The standard InChI is InChI=1S/C23H20N4O3/c1-15-21(16(2)28)22-20(27(15)19-9-7-17(13-24)8-10-19)12-18(14-25-22)6-5-11-30-23(29)26(3)4/h7-10,12,14H,11H2,1-4H3. The van der Waals surface area contributed by atoms with Gasteiger partial charge in [-0.15, -0.1) is 0 Å². The molecule has 2 heterocycles. The van der Waals surface area contributed by atoms with Crippen LogP contribution in [0.4, 0.5) is 4.79 Å². The number of ketones is 1. The van der Waals surface area contributed by atoms with Gasteiger partial charge in [0.25, 0.3) is 0 Å². The number of aromatic nitrogens is 2. The van der Waals surface area contributed by atoms with Crippen LogP contribution in [0.5, 0.6) is 0 Å². The van der Waals surface area contributed by atoms with Crippen LogP contribution in [0, 0.1) is 30.1 Å². The number of fused-ring (bicyclic) bond motifs is 1. The van der Waals surface area contributed by atoms with Crippen LogP contribution in [0.2, 0.25) is 0 Å². The minimum Gasteiger partial charge on any atom is -0.436 e. The van der Waals surface area contributed by atoms with Gasteiger partial charge in [-0.05, 0) is 44.2 Å². The summed E-state index contributed by atoms with van der Waals surface area (Å²) in [6.45, 7) is 3.34. The van der Waals surface area contributed by atoms with Crippen LogP contribution in [0.1, 0.15) is 34.1 Å². The van der Waals surface area contributed by atoms with E-state index < -0.39 is 6.09 Å². The highest BCUT2D eigenvalue weighted by Crippen LogP contribution is 2.29. The van der Waals surface area contributed by atoms with E-state index >= 15 is 0 Å². The maximum atomic E-state index is 12.3. The molecule has 30 heavy (non-hydrogen) atoms. The Bertz CT molecular complexity index is 1240. The Hall–Kier alpha value is -4.10. The van der Waals surface area contributed by atoms with Gasteiger partial charge in [0, 0.05) is 37.2 Å². The van der Waals surface area contributed by atoms with Crippen LogP contribution in [0.15, 0.2) is 36.5 Å². The Balaban J connectivity index is 2.06. The van der Waals surface area contributed by atoms with E-state index in [1.165, 1.54) is 11.8 Å². The molecule has 0 atom stereocenters. The number of ether oxygens (including phenoxy) is 1. The van der Waals surface area contributed by atoms with Gasteiger partial charge in [-0.25, -0.2) is 4.79 Å². The highest BCUT2D eigenvalue weighted by Gasteiger charge is 2.19. The summed E-state index contributed by atoms with van der Waals surface area (Å²) in [6, 6.07) is 11.1. The molecule has 150 valence electrons. The second-order valence-corrected chi connectivity index (χ2v) is 6.85. The third-order valence-electron chi connectivity index (χ3n) is 4.51. The van der Waals surface area contributed by atoms with Crippen molar-refractivity contribution in [2.24, 2.45) is 0 Å². The number of pyridine rings is 1. The lowest BCUT2D eigenvalue weighted by molar-refractivity contribution is 0.101. The van der Waals surface area contributed by atoms with E-state index in [1.54, 1.807) is 32.4 Å². The van der Waals surface area contributed by atoms with Gasteiger partial charge >= 0.3 is 6.09 Å². The zero-order valence-corrected chi connectivity index (χ0v) is 17.2. The first-order valence-electron chi connectivity index (χ1n) is 9.19. The Morgan fingerprint density at radius 1 is 1.20 bits per heavy atom. The lowest BCUT2D eigenvalue weighted by atomic mass is 10.1. The van der Waals surface area contributed by atoms with Crippen LogP contribution < -0.4 is 0 Å². The summed E-state index contributed by atoms with van der Waals surface area (Å²) in [4.78, 5) is 29.5. The summed E-state index contributed by atoms with van der Waals surface area (Å²) in [6.07, 6.45) is 1.13. The normalized spacial score (nSPS) is 10.1. The highest BCUT2D eigenvalue weighted by atomic mass is 16.5. The van der Waals surface area contributed by atoms with Crippen molar-refractivity contribution >= 4 is 22.9 Å². The number of carbonyl (C=O) groups excluding carboxylic acids is 2. The minimum absolute atomic E-state index is 0.0383. The Kier molecular flexibility index (Phi) is 5.85. The van der Waals surface area contributed by atoms with Crippen molar-refractivity contribution in [3.05, 3.63) is 58.9 Å². The zero-order valence-electron chi connectivity index (χ0n) is 17.2. The van der Waals surface area contributed by atoms with Gasteiger partial charge in [-0.2, -0.15) is 5.26 Å². The third-order valence-corrected chi connectivity index (χ3v) is 4.51. The Morgan fingerprint density at radius 2 is 1.90 bits per heavy atom. The molecule has 0 fully saturated rings. The maximum absolute atomic E-state index is 12.3. The van der Waals surface area contributed by atoms with Crippen LogP contribution >= 0.6 is 0 Å². The number of benzene rings is 1. The lowest BCUT2D eigenvalue weighted by Gasteiger charge is -2.09. The molecule has 2 aromatic heterocycles. The van der Waals surface area contributed by atoms with Gasteiger partial charge in [-0.3, -0.25) is 9.78 Å². The first kappa shape index (κ1) is 20.6. The van der Waals surface area contributed by atoms with E-state index in [1.807, 2.05) is 29.7 Å². The fraction of sp³-hybridized carbons (Fsp3) is 0.217. The van der Waals surface area contributed by atoms with E-state index in [4.69, 9.17) is 10.00 Å². The van der Waals surface area contributed by atoms with Crippen LogP contribution in [-0.2, 0) is 4.74 Å². The molecule has 1 amide bonds. The Morgan fingerprint density at radius 3 is 2.50 bits per heavy atom. The molecule has 7 nitrogen and oxygen atoms in total. The van der Waals surface area contributed by atoms with Gasteiger partial charge in [0.15, 0.2) is 12.4 Å². The minimum atomic E-state index is -0.464. The molecule has 0 N–H and O–H groups in total. The molecular weight excluding hydrogens is 380 g/mol. The predicted octanol–water partition coefficient (Wildman–Crippen LogP) is 3.46. The fourth-order valence-corrected chi connectivity index (χ4v) is 3.15. The molecule has 3 aromatic rings. The van der Waals surface area contributed by atoms with E-state index in [9.17, 15) is 9.59 Å². The second-order valence-electron chi connectivity index (χ2n) is 6.85. The van der Waals surface area contributed by atoms with Crippen molar-refractivity contribution < 1.29 is 14.3 Å². The molecule has 3 rings (SSSR count). The van der Waals surface area contributed by atoms with Crippen LogP contribution in [-0.4, -0.2) is 47.0 Å². The van der Waals surface area contributed by atoms with Gasteiger partial charge in [0.05, 0.1) is 28.2 Å². The Labute approximate surface area is 174 Å². The number of rotatable bonds is 3. The smallest absolute Gasteiger partial charge is 0.410 e. The quantitative estimate of drug-likeness (QED) is 0.496. The number of Topliss-reactive ketones (excluding diaryl/α,β-unsaturated/α-hetero) is 1. The van der Waals surface area contributed by atoms with Crippen molar-refractivity contribution in [3.8, 4) is 23.6 Å². The summed E-state index contributed by atoms with van der Waals surface area (Å²) in [5, 5.41) is 9.05. The molecule has 0 saturated heterocycles. The summed E-state index contributed by atoms with van der Waals surface area (Å²) in [5.41, 5.74) is 4.64.